The molecule has 2 aromatic rings. The van der Waals surface area contributed by atoms with Gasteiger partial charge in [-0.15, -0.1) is 0 Å². The highest BCUT2D eigenvalue weighted by Gasteiger charge is 2.18. The predicted octanol–water partition coefficient (Wildman–Crippen LogP) is 4.88. The number of carbonyl (C=O) groups excluding carboxylic acids is 2. The number of rotatable bonds is 8. The maximum absolute atomic E-state index is 12.7. The molecule has 0 bridgehead atoms. The topological polar surface area (TPSA) is 65.1 Å². The number of ketones is 1. The van der Waals surface area contributed by atoms with Crippen LogP contribution in [0.2, 0.25) is 0 Å². The van der Waals surface area contributed by atoms with E-state index in [-0.39, 0.29) is 18.3 Å². The van der Waals surface area contributed by atoms with Crippen LogP contribution in [0.4, 0.5) is 0 Å². The average molecular weight is 464 g/mol. The van der Waals surface area contributed by atoms with Gasteiger partial charge in [0.15, 0.2) is 23.9 Å². The first-order valence-electron chi connectivity index (χ1n) is 12.1. The summed E-state index contributed by atoms with van der Waals surface area (Å²) < 4.78 is 16.4. The minimum absolute atomic E-state index is 0.0365. The first-order valence-corrected chi connectivity index (χ1v) is 12.1. The lowest BCUT2D eigenvalue weighted by atomic mass is 9.84. The minimum atomic E-state index is -0.0746. The number of nitrogens with zero attached hydrogens (tertiary/aromatic N) is 1. The molecule has 2 fully saturated rings. The number of amides is 1. The number of allylic oxidation sites excluding steroid dienone is 1. The Morgan fingerprint density at radius 1 is 1.00 bits per heavy atom. The fourth-order valence-corrected chi connectivity index (χ4v) is 4.57. The number of hydrogen-bond donors (Lipinski definition) is 0. The predicted molar refractivity (Wildman–Crippen MR) is 132 cm³/mol. The maximum atomic E-state index is 12.7. The van der Waals surface area contributed by atoms with Gasteiger partial charge in [-0.3, -0.25) is 9.59 Å². The molecule has 1 heterocycles. The van der Waals surface area contributed by atoms with Crippen molar-refractivity contribution in [3.63, 3.8) is 0 Å². The standard InChI is InChI=1S/C28H33NO5/c1-32-27-19-21(8-14-26(27)34-20-28(31)29-15-17-33-18-16-29)7-13-25(30)24-11-9-23(10-12-24)22-5-3-2-4-6-22/h7-14,19,22H,2-6,15-18,20H2,1H3. The lowest BCUT2D eigenvalue weighted by Crippen LogP contribution is -2.43. The van der Waals surface area contributed by atoms with Crippen molar-refractivity contribution >= 4 is 17.8 Å². The van der Waals surface area contributed by atoms with Crippen molar-refractivity contribution in [3.8, 4) is 11.5 Å². The molecule has 6 nitrogen and oxygen atoms in total. The summed E-state index contributed by atoms with van der Waals surface area (Å²) in [4.78, 5) is 26.7. The summed E-state index contributed by atoms with van der Waals surface area (Å²) in [5.74, 6) is 1.53. The van der Waals surface area contributed by atoms with E-state index >= 15 is 0 Å². The van der Waals surface area contributed by atoms with Crippen LogP contribution in [0.1, 0.15) is 59.5 Å². The van der Waals surface area contributed by atoms with Crippen molar-refractivity contribution < 1.29 is 23.8 Å². The second-order valence-corrected chi connectivity index (χ2v) is 8.85. The van der Waals surface area contributed by atoms with E-state index in [2.05, 4.69) is 12.1 Å². The Morgan fingerprint density at radius 2 is 1.74 bits per heavy atom. The van der Waals surface area contributed by atoms with E-state index < -0.39 is 0 Å². The quantitative estimate of drug-likeness (QED) is 0.413. The van der Waals surface area contributed by atoms with Crippen LogP contribution in [0.5, 0.6) is 11.5 Å². The van der Waals surface area contributed by atoms with E-state index in [1.165, 1.54) is 37.7 Å². The zero-order valence-corrected chi connectivity index (χ0v) is 19.8. The summed E-state index contributed by atoms with van der Waals surface area (Å²) in [5.41, 5.74) is 2.84. The molecule has 2 aliphatic rings. The van der Waals surface area contributed by atoms with Gasteiger partial charge in [-0.25, -0.2) is 0 Å². The van der Waals surface area contributed by atoms with Crippen LogP contribution < -0.4 is 9.47 Å². The molecular formula is C28H33NO5. The largest absolute Gasteiger partial charge is 0.493 e. The molecule has 1 aliphatic heterocycles. The lowest BCUT2D eigenvalue weighted by Gasteiger charge is -2.26. The SMILES string of the molecule is COc1cc(C=CC(=O)c2ccc(C3CCCCC3)cc2)ccc1OCC(=O)N1CCOCC1. The van der Waals surface area contributed by atoms with Crippen molar-refractivity contribution in [2.75, 3.05) is 40.0 Å². The summed E-state index contributed by atoms with van der Waals surface area (Å²) in [6.07, 6.45) is 9.76. The molecule has 0 aromatic heterocycles. The number of ether oxygens (including phenoxy) is 3. The van der Waals surface area contributed by atoms with Gasteiger partial charge in [0.05, 0.1) is 20.3 Å². The molecule has 4 rings (SSSR count). The third-order valence-electron chi connectivity index (χ3n) is 6.60. The molecule has 180 valence electrons. The smallest absolute Gasteiger partial charge is 0.260 e. The fraction of sp³-hybridized carbons (Fsp3) is 0.429. The second kappa shape index (κ2) is 11.8. The molecule has 1 aliphatic carbocycles. The van der Waals surface area contributed by atoms with Crippen LogP contribution in [-0.2, 0) is 9.53 Å². The van der Waals surface area contributed by atoms with Crippen LogP contribution in [0.3, 0.4) is 0 Å². The number of morpholine rings is 1. The van der Waals surface area contributed by atoms with Crippen molar-refractivity contribution in [3.05, 3.63) is 65.2 Å². The Kier molecular flexibility index (Phi) is 8.36. The monoisotopic (exact) mass is 463 g/mol. The molecule has 0 radical (unpaired) electrons. The molecule has 34 heavy (non-hydrogen) atoms. The van der Waals surface area contributed by atoms with Crippen LogP contribution >= 0.6 is 0 Å². The molecule has 2 aromatic carbocycles. The highest BCUT2D eigenvalue weighted by molar-refractivity contribution is 6.06. The van der Waals surface area contributed by atoms with E-state index in [9.17, 15) is 9.59 Å². The third-order valence-corrected chi connectivity index (χ3v) is 6.60. The van der Waals surface area contributed by atoms with Crippen LogP contribution in [0.25, 0.3) is 6.08 Å². The summed E-state index contributed by atoms with van der Waals surface area (Å²) in [6.45, 7) is 2.22. The average Bonchev–Trinajstić information content (AvgIpc) is 2.91. The van der Waals surface area contributed by atoms with Gasteiger partial charge >= 0.3 is 0 Å². The Hall–Kier alpha value is -3.12. The first kappa shape index (κ1) is 24.0. The Morgan fingerprint density at radius 3 is 2.44 bits per heavy atom. The lowest BCUT2D eigenvalue weighted by molar-refractivity contribution is -0.137. The van der Waals surface area contributed by atoms with Crippen LogP contribution in [-0.4, -0.2) is 56.6 Å². The van der Waals surface area contributed by atoms with Crippen molar-refractivity contribution in [1.82, 2.24) is 4.90 Å². The number of benzene rings is 2. The van der Waals surface area contributed by atoms with Crippen molar-refractivity contribution in [2.45, 2.75) is 38.0 Å². The summed E-state index contributed by atoms with van der Waals surface area (Å²) in [5, 5.41) is 0. The summed E-state index contributed by atoms with van der Waals surface area (Å²) >= 11 is 0. The molecule has 0 N–H and O–H groups in total. The van der Waals surface area contributed by atoms with Gasteiger partial charge in [-0.05, 0) is 48.1 Å². The first-order chi connectivity index (χ1) is 16.6. The molecular weight excluding hydrogens is 430 g/mol. The molecule has 0 atom stereocenters. The molecule has 0 unspecified atom stereocenters. The van der Waals surface area contributed by atoms with Crippen molar-refractivity contribution in [1.29, 1.82) is 0 Å². The van der Waals surface area contributed by atoms with E-state index in [4.69, 9.17) is 14.2 Å². The Balaban J connectivity index is 1.34. The molecule has 1 saturated carbocycles. The molecule has 1 amide bonds. The van der Waals surface area contributed by atoms with Gasteiger partial charge < -0.3 is 19.1 Å². The maximum Gasteiger partial charge on any atom is 0.260 e. The van der Waals surface area contributed by atoms with Gasteiger partial charge in [0.2, 0.25) is 0 Å². The van der Waals surface area contributed by atoms with Crippen LogP contribution in [0.15, 0.2) is 48.5 Å². The Labute approximate surface area is 201 Å². The van der Waals surface area contributed by atoms with Gasteiger partial charge in [0, 0.05) is 18.7 Å². The highest BCUT2D eigenvalue weighted by Crippen LogP contribution is 2.33. The molecule has 0 spiro atoms. The highest BCUT2D eigenvalue weighted by atomic mass is 16.5. The van der Waals surface area contributed by atoms with E-state index in [1.807, 2.05) is 18.2 Å². The number of hydrogen-bond acceptors (Lipinski definition) is 5. The third kappa shape index (κ3) is 6.26. The number of carbonyl (C=O) groups is 2. The second-order valence-electron chi connectivity index (χ2n) is 8.85. The van der Waals surface area contributed by atoms with Crippen LogP contribution in [0, 0.1) is 0 Å². The van der Waals surface area contributed by atoms with Gasteiger partial charge in [-0.2, -0.15) is 0 Å². The minimum Gasteiger partial charge on any atom is -0.493 e. The molecule has 1 saturated heterocycles. The normalized spacial score (nSPS) is 17.0. The van der Waals surface area contributed by atoms with E-state index in [0.29, 0.717) is 49.3 Å². The van der Waals surface area contributed by atoms with Gasteiger partial charge in [0.1, 0.15) is 0 Å². The zero-order chi connectivity index (χ0) is 23.8. The summed E-state index contributed by atoms with van der Waals surface area (Å²) in [6, 6.07) is 13.5. The van der Waals surface area contributed by atoms with E-state index in [1.54, 1.807) is 36.3 Å². The van der Waals surface area contributed by atoms with E-state index in [0.717, 1.165) is 5.56 Å². The van der Waals surface area contributed by atoms with Gasteiger partial charge in [-0.1, -0.05) is 55.7 Å². The van der Waals surface area contributed by atoms with Crippen molar-refractivity contribution in [2.24, 2.45) is 0 Å². The summed E-state index contributed by atoms with van der Waals surface area (Å²) in [7, 11) is 1.55. The number of methoxy groups -OCH3 is 1. The Bertz CT molecular complexity index is 1000. The molecule has 6 heteroatoms. The zero-order valence-electron chi connectivity index (χ0n) is 19.8. The van der Waals surface area contributed by atoms with Gasteiger partial charge in [0.25, 0.3) is 5.91 Å². The fourth-order valence-electron chi connectivity index (χ4n) is 4.57.